The van der Waals surface area contributed by atoms with E-state index in [0.717, 1.165) is 27.5 Å². The largest absolute Gasteiger partial charge is 0.326 e. The molecule has 8 heteroatoms. The van der Waals surface area contributed by atoms with E-state index in [1.807, 2.05) is 44.4 Å². The summed E-state index contributed by atoms with van der Waals surface area (Å²) in [5, 5.41) is 7.44. The van der Waals surface area contributed by atoms with Crippen molar-refractivity contribution in [2.24, 2.45) is 0 Å². The van der Waals surface area contributed by atoms with E-state index in [4.69, 9.17) is 0 Å². The van der Waals surface area contributed by atoms with E-state index in [1.165, 1.54) is 0 Å². The van der Waals surface area contributed by atoms with Gasteiger partial charge < -0.3 is 5.32 Å². The molecule has 1 fully saturated rings. The fourth-order valence-corrected chi connectivity index (χ4v) is 5.49. The summed E-state index contributed by atoms with van der Waals surface area (Å²) in [6, 6.07) is 7.58. The Bertz CT molecular complexity index is 935. The van der Waals surface area contributed by atoms with E-state index in [1.54, 1.807) is 16.4 Å². The Balaban J connectivity index is 1.74. The Hall–Kier alpha value is -1.80. The van der Waals surface area contributed by atoms with Gasteiger partial charge in [0, 0.05) is 21.8 Å². The zero-order valence-corrected chi connectivity index (χ0v) is 16.8. The summed E-state index contributed by atoms with van der Waals surface area (Å²) in [6.07, 6.45) is 2.79. The molecule has 0 saturated carbocycles. The molecule has 2 heterocycles. The number of rotatable bonds is 5. The van der Waals surface area contributed by atoms with Gasteiger partial charge in [-0.25, -0.2) is 8.42 Å². The second kappa shape index (κ2) is 7.44. The molecule has 2 aromatic rings. The molecule has 0 radical (unpaired) electrons. The maximum absolute atomic E-state index is 12.5. The van der Waals surface area contributed by atoms with Gasteiger partial charge in [0.1, 0.15) is 0 Å². The summed E-state index contributed by atoms with van der Waals surface area (Å²) in [7, 11) is -2.98. The first-order chi connectivity index (χ1) is 12.3. The van der Waals surface area contributed by atoms with Crippen molar-refractivity contribution < 1.29 is 13.2 Å². The number of hydrogen-bond donors (Lipinski definition) is 1. The van der Waals surface area contributed by atoms with Gasteiger partial charge in [-0.2, -0.15) is 5.10 Å². The van der Waals surface area contributed by atoms with Crippen molar-refractivity contribution in [3.05, 3.63) is 41.2 Å². The minimum absolute atomic E-state index is 0.104. The van der Waals surface area contributed by atoms with E-state index in [-0.39, 0.29) is 29.9 Å². The highest BCUT2D eigenvalue weighted by Crippen LogP contribution is 2.27. The highest BCUT2D eigenvalue weighted by Gasteiger charge is 2.31. The van der Waals surface area contributed by atoms with Crippen LogP contribution in [0, 0.1) is 13.8 Å². The molecule has 1 unspecified atom stereocenters. The molecule has 1 aliphatic rings. The number of hydrogen-bond acceptors (Lipinski definition) is 5. The van der Waals surface area contributed by atoms with Gasteiger partial charge in [0.15, 0.2) is 9.84 Å². The smallest absolute Gasteiger partial charge is 0.228 e. The van der Waals surface area contributed by atoms with Crippen LogP contribution in [0.2, 0.25) is 0 Å². The summed E-state index contributed by atoms with van der Waals surface area (Å²) in [4.78, 5) is 13.6. The third-order valence-electron chi connectivity index (χ3n) is 4.72. The summed E-state index contributed by atoms with van der Waals surface area (Å²) < 4.78 is 25.3. The summed E-state index contributed by atoms with van der Waals surface area (Å²) >= 11 is 1.62. The Kier molecular flexibility index (Phi) is 5.43. The summed E-state index contributed by atoms with van der Waals surface area (Å²) in [5.74, 6) is 0.229. The van der Waals surface area contributed by atoms with Gasteiger partial charge in [-0.3, -0.25) is 9.48 Å². The molecular formula is C18H23N3O3S2. The van der Waals surface area contributed by atoms with Gasteiger partial charge in [0.25, 0.3) is 0 Å². The van der Waals surface area contributed by atoms with Crippen LogP contribution >= 0.6 is 11.8 Å². The van der Waals surface area contributed by atoms with Crippen LogP contribution < -0.4 is 5.32 Å². The van der Waals surface area contributed by atoms with Crippen molar-refractivity contribution in [3.8, 4) is 0 Å². The Morgan fingerprint density at radius 1 is 1.38 bits per heavy atom. The number of anilines is 1. The summed E-state index contributed by atoms with van der Waals surface area (Å²) in [6.45, 7) is 3.77. The number of aromatic nitrogens is 2. The number of benzene rings is 1. The van der Waals surface area contributed by atoms with Gasteiger partial charge in [-0.05, 0) is 44.7 Å². The lowest BCUT2D eigenvalue weighted by Crippen LogP contribution is -2.16. The van der Waals surface area contributed by atoms with E-state index < -0.39 is 9.84 Å². The van der Waals surface area contributed by atoms with Crippen LogP contribution in [0.1, 0.15) is 29.4 Å². The van der Waals surface area contributed by atoms with Crippen LogP contribution in [0.3, 0.4) is 0 Å². The second-order valence-electron chi connectivity index (χ2n) is 6.61. The predicted octanol–water partition coefficient (Wildman–Crippen LogP) is 2.76. The van der Waals surface area contributed by atoms with Crippen LogP contribution in [-0.2, 0) is 21.1 Å². The van der Waals surface area contributed by atoms with E-state index in [0.29, 0.717) is 6.42 Å². The number of nitrogens with zero attached hydrogens (tertiary/aromatic N) is 2. The van der Waals surface area contributed by atoms with Crippen molar-refractivity contribution in [1.29, 1.82) is 0 Å². The molecule has 0 spiro atoms. The third kappa shape index (κ3) is 4.12. The van der Waals surface area contributed by atoms with E-state index >= 15 is 0 Å². The Morgan fingerprint density at radius 3 is 2.81 bits per heavy atom. The van der Waals surface area contributed by atoms with Crippen LogP contribution in [0.4, 0.5) is 5.69 Å². The number of aryl methyl sites for hydroxylation is 1. The molecule has 1 N–H and O–H groups in total. The fourth-order valence-electron chi connectivity index (χ4n) is 3.34. The van der Waals surface area contributed by atoms with Crippen LogP contribution in [-0.4, -0.2) is 41.9 Å². The molecule has 3 rings (SSSR count). The molecule has 1 saturated heterocycles. The SMILES string of the molecule is CSc1cccc(NC(=O)Cc2c(C)nn(C3CCS(=O)(=O)C3)c2C)c1. The molecule has 1 aromatic carbocycles. The van der Waals surface area contributed by atoms with Crippen molar-refractivity contribution in [2.75, 3.05) is 23.1 Å². The number of amides is 1. The molecule has 1 atom stereocenters. The van der Waals surface area contributed by atoms with Crippen molar-refractivity contribution >= 4 is 33.2 Å². The minimum Gasteiger partial charge on any atom is -0.326 e. The second-order valence-corrected chi connectivity index (χ2v) is 9.72. The van der Waals surface area contributed by atoms with Gasteiger partial charge in [-0.1, -0.05) is 6.07 Å². The first-order valence-corrected chi connectivity index (χ1v) is 11.5. The molecule has 0 bridgehead atoms. The minimum atomic E-state index is -2.98. The molecule has 6 nitrogen and oxygen atoms in total. The van der Waals surface area contributed by atoms with E-state index in [2.05, 4.69) is 10.4 Å². The van der Waals surface area contributed by atoms with Crippen LogP contribution in [0.25, 0.3) is 0 Å². The number of sulfone groups is 1. The average molecular weight is 394 g/mol. The zero-order chi connectivity index (χ0) is 18.9. The predicted molar refractivity (Wildman–Crippen MR) is 105 cm³/mol. The molecule has 0 aliphatic carbocycles. The first kappa shape index (κ1) is 19.0. The van der Waals surface area contributed by atoms with Crippen molar-refractivity contribution in [1.82, 2.24) is 9.78 Å². The lowest BCUT2D eigenvalue weighted by atomic mass is 10.1. The lowest BCUT2D eigenvalue weighted by molar-refractivity contribution is -0.115. The summed E-state index contributed by atoms with van der Waals surface area (Å²) in [5.41, 5.74) is 3.29. The molecule has 1 aliphatic heterocycles. The third-order valence-corrected chi connectivity index (χ3v) is 7.20. The molecule has 1 aromatic heterocycles. The van der Waals surface area contributed by atoms with E-state index in [9.17, 15) is 13.2 Å². The Morgan fingerprint density at radius 2 is 2.15 bits per heavy atom. The van der Waals surface area contributed by atoms with Gasteiger partial charge >= 0.3 is 0 Å². The molecule has 140 valence electrons. The number of thioether (sulfide) groups is 1. The average Bonchev–Trinajstić information content (AvgIpc) is 3.08. The van der Waals surface area contributed by atoms with Crippen molar-refractivity contribution in [3.63, 3.8) is 0 Å². The topological polar surface area (TPSA) is 81.1 Å². The van der Waals surface area contributed by atoms with Crippen molar-refractivity contribution in [2.45, 2.75) is 37.6 Å². The number of carbonyl (C=O) groups is 1. The van der Waals surface area contributed by atoms with Crippen LogP contribution in [0.5, 0.6) is 0 Å². The maximum atomic E-state index is 12.5. The quantitative estimate of drug-likeness (QED) is 0.790. The zero-order valence-electron chi connectivity index (χ0n) is 15.2. The number of nitrogens with one attached hydrogen (secondary N) is 1. The van der Waals surface area contributed by atoms with Crippen LogP contribution in [0.15, 0.2) is 29.2 Å². The highest BCUT2D eigenvalue weighted by atomic mass is 32.2. The first-order valence-electron chi connectivity index (χ1n) is 8.48. The van der Waals surface area contributed by atoms with Gasteiger partial charge in [-0.15, -0.1) is 11.8 Å². The van der Waals surface area contributed by atoms with Gasteiger partial charge in [0.05, 0.1) is 29.7 Å². The standard InChI is InChI=1S/C18H23N3O3S2/c1-12-17(10-18(22)19-14-5-4-6-16(9-14)25-3)13(2)21(20-12)15-7-8-26(23,24)11-15/h4-6,9,15H,7-8,10-11H2,1-3H3,(H,19,22). The van der Waals surface area contributed by atoms with Gasteiger partial charge in [0.2, 0.25) is 5.91 Å². The fraction of sp³-hybridized carbons (Fsp3) is 0.444. The molecule has 1 amide bonds. The maximum Gasteiger partial charge on any atom is 0.228 e. The lowest BCUT2D eigenvalue weighted by Gasteiger charge is -2.11. The molecular weight excluding hydrogens is 370 g/mol. The molecule has 26 heavy (non-hydrogen) atoms. The number of carbonyl (C=O) groups excluding carboxylic acids is 1. The normalized spacial score (nSPS) is 18.8. The monoisotopic (exact) mass is 393 g/mol. The highest BCUT2D eigenvalue weighted by molar-refractivity contribution is 7.98. The Labute approximate surface area is 158 Å².